The van der Waals surface area contributed by atoms with Gasteiger partial charge < -0.3 is 5.32 Å². The van der Waals surface area contributed by atoms with Crippen molar-refractivity contribution in [3.63, 3.8) is 0 Å². The molecule has 0 atom stereocenters. The van der Waals surface area contributed by atoms with Crippen LogP contribution in [0.25, 0.3) is 10.6 Å². The second kappa shape index (κ2) is 7.23. The van der Waals surface area contributed by atoms with E-state index in [1.807, 2.05) is 6.92 Å². The molecule has 0 saturated carbocycles. The number of nitrogens with zero attached hydrogens (tertiary/aromatic N) is 2. The van der Waals surface area contributed by atoms with Gasteiger partial charge in [-0.05, 0) is 12.5 Å². The number of carbonyl (C=O) groups is 1. The van der Waals surface area contributed by atoms with Crippen molar-refractivity contribution in [1.29, 1.82) is 0 Å². The quantitative estimate of drug-likeness (QED) is 0.589. The second-order valence-electron chi connectivity index (χ2n) is 4.20. The van der Waals surface area contributed by atoms with Crippen LogP contribution in [0.3, 0.4) is 0 Å². The van der Waals surface area contributed by atoms with Gasteiger partial charge in [-0.15, -0.1) is 11.3 Å². The molecule has 0 saturated heterocycles. The molecule has 0 bridgehead atoms. The van der Waals surface area contributed by atoms with Crippen molar-refractivity contribution in [2.45, 2.75) is 13.3 Å². The second-order valence-corrected chi connectivity index (χ2v) is 5.61. The number of thiocarbonyl (C=S) groups is 1. The van der Waals surface area contributed by atoms with Crippen LogP contribution in [-0.4, -0.2) is 28.0 Å². The first kappa shape index (κ1) is 16.2. The molecule has 0 fully saturated rings. The molecule has 3 N–H and O–H groups in total. The predicted octanol–water partition coefficient (Wildman–Crippen LogP) is 2.02. The molecule has 6 nitrogen and oxygen atoms in total. The fourth-order valence-electron chi connectivity index (χ4n) is 1.65. The molecule has 2 aromatic heterocycles. The van der Waals surface area contributed by atoms with Crippen molar-refractivity contribution >= 4 is 34.6 Å². The summed E-state index contributed by atoms with van der Waals surface area (Å²) in [5.74, 6) is -0.422. The molecular formula is C13H14FN5OS2. The molecule has 0 aromatic carbocycles. The molecule has 2 amide bonds. The molecular weight excluding hydrogens is 325 g/mol. The molecule has 2 rings (SSSR count). The van der Waals surface area contributed by atoms with Crippen LogP contribution >= 0.6 is 23.6 Å². The van der Waals surface area contributed by atoms with Crippen LogP contribution in [0.2, 0.25) is 0 Å². The van der Waals surface area contributed by atoms with Crippen molar-refractivity contribution in [2.75, 3.05) is 7.05 Å². The zero-order chi connectivity index (χ0) is 16.1. The molecule has 0 radical (unpaired) electrons. The van der Waals surface area contributed by atoms with E-state index in [9.17, 15) is 9.18 Å². The lowest BCUT2D eigenvalue weighted by molar-refractivity contribution is 0.241. The summed E-state index contributed by atoms with van der Waals surface area (Å²) in [6.07, 6.45) is 3.35. The average molecular weight is 339 g/mol. The van der Waals surface area contributed by atoms with Crippen molar-refractivity contribution in [1.82, 2.24) is 26.1 Å². The summed E-state index contributed by atoms with van der Waals surface area (Å²) in [5.41, 5.74) is 6.42. The minimum atomic E-state index is -0.422. The van der Waals surface area contributed by atoms with Crippen molar-refractivity contribution in [3.8, 4) is 10.6 Å². The smallest absolute Gasteiger partial charge is 0.333 e. The topological polar surface area (TPSA) is 78.9 Å². The number of hydrazine groups is 1. The number of nitrogens with one attached hydrogen (secondary N) is 3. The van der Waals surface area contributed by atoms with Crippen LogP contribution in [0.4, 0.5) is 9.18 Å². The fraction of sp³-hybridized carbons (Fsp3) is 0.231. The number of hydrogen-bond donors (Lipinski definition) is 3. The number of urea groups is 1. The third-order valence-electron chi connectivity index (χ3n) is 2.71. The van der Waals surface area contributed by atoms with Gasteiger partial charge in [0.25, 0.3) is 0 Å². The number of aromatic nitrogens is 2. The third kappa shape index (κ3) is 3.74. The van der Waals surface area contributed by atoms with Gasteiger partial charge in [-0.3, -0.25) is 15.8 Å². The molecule has 0 aliphatic carbocycles. The Kier molecular flexibility index (Phi) is 5.34. The Morgan fingerprint density at radius 2 is 2.18 bits per heavy atom. The molecule has 0 unspecified atom stereocenters. The van der Waals surface area contributed by atoms with Gasteiger partial charge in [0.2, 0.25) is 0 Å². The van der Waals surface area contributed by atoms with Gasteiger partial charge in [-0.1, -0.05) is 19.1 Å². The number of pyridine rings is 1. The summed E-state index contributed by atoms with van der Waals surface area (Å²) in [6.45, 7) is 1.95. The summed E-state index contributed by atoms with van der Waals surface area (Å²) < 4.78 is 13.3. The highest BCUT2D eigenvalue weighted by Crippen LogP contribution is 2.28. The van der Waals surface area contributed by atoms with Gasteiger partial charge in [0, 0.05) is 18.8 Å². The number of rotatable bonds is 3. The first-order chi connectivity index (χ1) is 10.5. The minimum Gasteiger partial charge on any atom is -0.340 e. The summed E-state index contributed by atoms with van der Waals surface area (Å²) >= 11 is 6.58. The SMILES string of the molecule is CCc1nc(-c2cncc(F)c2)sc1C(=S)NNC(=O)NC. The van der Waals surface area contributed by atoms with E-state index in [2.05, 4.69) is 26.1 Å². The maximum absolute atomic E-state index is 13.3. The van der Waals surface area contributed by atoms with Crippen molar-refractivity contribution in [2.24, 2.45) is 0 Å². The molecule has 0 spiro atoms. The lowest BCUT2D eigenvalue weighted by Crippen LogP contribution is -2.45. The monoisotopic (exact) mass is 339 g/mol. The van der Waals surface area contributed by atoms with Crippen molar-refractivity contribution < 1.29 is 9.18 Å². The minimum absolute atomic E-state index is 0.355. The van der Waals surface area contributed by atoms with Gasteiger partial charge in [0.05, 0.1) is 16.8 Å². The standard InChI is InChI=1S/C13H14FN5OS2/c1-3-9-10(11(21)18-19-13(20)15-2)22-12(17-9)7-4-8(14)6-16-5-7/h4-6H,3H2,1-2H3,(H,18,21)(H2,15,19,20). The highest BCUT2D eigenvalue weighted by atomic mass is 32.1. The molecule has 116 valence electrons. The van der Waals surface area contributed by atoms with Crippen LogP contribution in [0.5, 0.6) is 0 Å². The Bertz CT molecular complexity index is 703. The summed E-state index contributed by atoms with van der Waals surface area (Å²) in [6, 6.07) is 0.966. The molecule has 0 aliphatic heterocycles. The Morgan fingerprint density at radius 3 is 2.82 bits per heavy atom. The van der Waals surface area contributed by atoms with Gasteiger partial charge in [-0.2, -0.15) is 0 Å². The third-order valence-corrected chi connectivity index (χ3v) is 4.31. The van der Waals surface area contributed by atoms with Crippen LogP contribution in [0.15, 0.2) is 18.5 Å². The van der Waals surface area contributed by atoms with E-state index in [4.69, 9.17) is 12.2 Å². The summed E-state index contributed by atoms with van der Waals surface area (Å²) in [4.78, 5) is 20.5. The predicted molar refractivity (Wildman–Crippen MR) is 87.1 cm³/mol. The van der Waals surface area contributed by atoms with E-state index in [0.29, 0.717) is 22.0 Å². The number of halogens is 1. The zero-order valence-electron chi connectivity index (χ0n) is 11.9. The molecule has 22 heavy (non-hydrogen) atoms. The maximum atomic E-state index is 13.3. The van der Waals surface area contributed by atoms with Gasteiger partial charge in [-0.25, -0.2) is 14.2 Å². The van der Waals surface area contributed by atoms with Crippen LogP contribution in [-0.2, 0) is 6.42 Å². The zero-order valence-corrected chi connectivity index (χ0v) is 13.6. The molecule has 0 aliphatic rings. The number of thiazole rings is 1. The van der Waals surface area contributed by atoms with E-state index < -0.39 is 11.8 Å². The van der Waals surface area contributed by atoms with Gasteiger partial charge >= 0.3 is 6.03 Å². The highest BCUT2D eigenvalue weighted by Gasteiger charge is 2.16. The Morgan fingerprint density at radius 1 is 1.41 bits per heavy atom. The van der Waals surface area contributed by atoms with Crippen molar-refractivity contribution in [3.05, 3.63) is 34.8 Å². The normalized spacial score (nSPS) is 10.1. The Hall–Kier alpha value is -2.13. The molecule has 2 heterocycles. The van der Waals surface area contributed by atoms with E-state index in [0.717, 1.165) is 16.8 Å². The van der Waals surface area contributed by atoms with E-state index in [1.165, 1.54) is 24.5 Å². The van der Waals surface area contributed by atoms with Crippen LogP contribution < -0.4 is 16.2 Å². The van der Waals surface area contributed by atoms with Gasteiger partial charge in [0.15, 0.2) is 0 Å². The first-order valence-corrected chi connectivity index (χ1v) is 7.66. The number of aryl methyl sites for hydroxylation is 1. The summed E-state index contributed by atoms with van der Waals surface area (Å²) in [5, 5.41) is 3.03. The molecule has 9 heteroatoms. The first-order valence-electron chi connectivity index (χ1n) is 6.43. The van der Waals surface area contributed by atoms with E-state index in [1.54, 1.807) is 6.20 Å². The average Bonchev–Trinajstić information content (AvgIpc) is 2.96. The lowest BCUT2D eigenvalue weighted by Gasteiger charge is -2.08. The molecule has 2 aromatic rings. The van der Waals surface area contributed by atoms with E-state index >= 15 is 0 Å². The Labute approximate surface area is 136 Å². The summed E-state index contributed by atoms with van der Waals surface area (Å²) in [7, 11) is 1.50. The largest absolute Gasteiger partial charge is 0.340 e. The Balaban J connectivity index is 2.25. The number of hydrogen-bond acceptors (Lipinski definition) is 5. The number of carbonyl (C=O) groups excluding carboxylic acids is 1. The maximum Gasteiger partial charge on any atom is 0.333 e. The van der Waals surface area contributed by atoms with Crippen LogP contribution in [0.1, 0.15) is 17.5 Å². The fourth-order valence-corrected chi connectivity index (χ4v) is 2.98. The van der Waals surface area contributed by atoms with Gasteiger partial charge in [0.1, 0.15) is 15.8 Å². The van der Waals surface area contributed by atoms with E-state index in [-0.39, 0.29) is 0 Å². The highest BCUT2D eigenvalue weighted by molar-refractivity contribution is 7.81. The number of amides is 2. The van der Waals surface area contributed by atoms with Crippen LogP contribution in [0, 0.1) is 5.82 Å². The lowest BCUT2D eigenvalue weighted by atomic mass is 10.2.